The lowest BCUT2D eigenvalue weighted by molar-refractivity contribution is -0.114. The lowest BCUT2D eigenvalue weighted by Gasteiger charge is -2.09. The lowest BCUT2D eigenvalue weighted by atomic mass is 10.0. The van der Waals surface area contributed by atoms with Crippen LogP contribution in [0.1, 0.15) is 6.92 Å². The number of carbonyl (C=O) groups excluding carboxylic acids is 1. The normalized spacial score (nSPS) is 11.2. The van der Waals surface area contributed by atoms with Crippen molar-refractivity contribution in [3.05, 3.63) is 54.9 Å². The number of aromatic nitrogens is 2. The van der Waals surface area contributed by atoms with Crippen LogP contribution in [0.5, 0.6) is 0 Å². The van der Waals surface area contributed by atoms with Gasteiger partial charge >= 0.3 is 0 Å². The van der Waals surface area contributed by atoms with Crippen LogP contribution in [0.15, 0.2) is 59.8 Å². The van der Waals surface area contributed by atoms with Crippen molar-refractivity contribution < 1.29 is 13.2 Å². The van der Waals surface area contributed by atoms with Gasteiger partial charge in [-0.25, -0.2) is 18.4 Å². The van der Waals surface area contributed by atoms with Crippen LogP contribution in [-0.4, -0.2) is 30.5 Å². The molecule has 0 unspecified atom stereocenters. The Bertz CT molecular complexity index is 1090. The van der Waals surface area contributed by atoms with Gasteiger partial charge in [0.1, 0.15) is 11.6 Å². The Kier molecular flexibility index (Phi) is 4.91. The number of sulfone groups is 1. The fourth-order valence-corrected chi connectivity index (χ4v) is 3.20. The van der Waals surface area contributed by atoms with Crippen molar-refractivity contribution in [3.63, 3.8) is 0 Å². The fourth-order valence-electron chi connectivity index (χ4n) is 2.57. The number of nitrogens with two attached hydrogens (primary N) is 1. The topological polar surface area (TPSA) is 115 Å². The highest BCUT2D eigenvalue weighted by molar-refractivity contribution is 7.90. The van der Waals surface area contributed by atoms with Crippen LogP contribution in [0.2, 0.25) is 0 Å². The summed E-state index contributed by atoms with van der Waals surface area (Å²) in [6, 6.07) is 11.9. The Hall–Kier alpha value is -3.26. The number of benzene rings is 1. The van der Waals surface area contributed by atoms with Crippen LogP contribution in [0.3, 0.4) is 0 Å². The molecule has 3 N–H and O–H groups in total. The smallest absolute Gasteiger partial charge is 0.222 e. The third-order valence-electron chi connectivity index (χ3n) is 3.91. The summed E-state index contributed by atoms with van der Waals surface area (Å²) >= 11 is 0. The molecule has 8 heteroatoms. The van der Waals surface area contributed by atoms with Gasteiger partial charge < -0.3 is 11.1 Å². The van der Waals surface area contributed by atoms with Gasteiger partial charge in [0.15, 0.2) is 9.84 Å². The number of pyridine rings is 2. The van der Waals surface area contributed by atoms with E-state index in [0.29, 0.717) is 17.2 Å². The second-order valence-electron chi connectivity index (χ2n) is 6.07. The van der Waals surface area contributed by atoms with E-state index < -0.39 is 9.84 Å². The molecule has 0 saturated carbocycles. The summed E-state index contributed by atoms with van der Waals surface area (Å²) in [5.41, 5.74) is 9.08. The standard InChI is InChI=1S/C19H18N4O3S/c1-12(24)23-18-8-5-14(10-21-18)17-9-15(11-22-19(17)20)13-3-6-16(7-4-13)27(2,25)26/h3-11H,1-2H3,(H2,20,22)(H,21,23,24). The zero-order valence-electron chi connectivity index (χ0n) is 14.8. The van der Waals surface area contributed by atoms with Crippen LogP contribution in [0.4, 0.5) is 11.6 Å². The molecule has 0 atom stereocenters. The Morgan fingerprint density at radius 1 is 0.963 bits per heavy atom. The molecule has 0 saturated heterocycles. The van der Waals surface area contributed by atoms with E-state index in [4.69, 9.17) is 5.73 Å². The lowest BCUT2D eigenvalue weighted by Crippen LogP contribution is -2.07. The largest absolute Gasteiger partial charge is 0.383 e. The summed E-state index contributed by atoms with van der Waals surface area (Å²) in [5, 5.41) is 2.61. The van der Waals surface area contributed by atoms with E-state index in [0.717, 1.165) is 16.7 Å². The van der Waals surface area contributed by atoms with Gasteiger partial charge in [0.05, 0.1) is 4.90 Å². The van der Waals surface area contributed by atoms with Crippen LogP contribution in [-0.2, 0) is 14.6 Å². The highest BCUT2D eigenvalue weighted by atomic mass is 32.2. The number of nitrogens with one attached hydrogen (secondary N) is 1. The maximum Gasteiger partial charge on any atom is 0.222 e. The SMILES string of the molecule is CC(=O)Nc1ccc(-c2cc(-c3ccc(S(C)(=O)=O)cc3)cnc2N)cn1. The number of anilines is 2. The Labute approximate surface area is 157 Å². The molecular formula is C19H18N4O3S. The van der Waals surface area contributed by atoms with Gasteiger partial charge in [-0.15, -0.1) is 0 Å². The number of nitrogens with zero attached hydrogens (tertiary/aromatic N) is 2. The molecule has 0 fully saturated rings. The second kappa shape index (κ2) is 7.16. The average Bonchev–Trinajstić information content (AvgIpc) is 2.62. The molecule has 3 aromatic rings. The Morgan fingerprint density at radius 3 is 2.15 bits per heavy atom. The Morgan fingerprint density at radius 2 is 1.59 bits per heavy atom. The summed E-state index contributed by atoms with van der Waals surface area (Å²) in [4.78, 5) is 19.8. The molecule has 2 aromatic heterocycles. The van der Waals surface area contributed by atoms with Gasteiger partial charge in [0.2, 0.25) is 5.91 Å². The third kappa shape index (κ3) is 4.29. The predicted octanol–water partition coefficient (Wildman–Crippen LogP) is 2.75. The van der Waals surface area contributed by atoms with Gasteiger partial charge in [-0.1, -0.05) is 12.1 Å². The third-order valence-corrected chi connectivity index (χ3v) is 5.04. The number of rotatable bonds is 4. The van der Waals surface area contributed by atoms with Crippen molar-refractivity contribution in [2.45, 2.75) is 11.8 Å². The van der Waals surface area contributed by atoms with Crippen molar-refractivity contribution in [1.82, 2.24) is 9.97 Å². The number of carbonyl (C=O) groups is 1. The van der Waals surface area contributed by atoms with E-state index in [2.05, 4.69) is 15.3 Å². The van der Waals surface area contributed by atoms with E-state index in [1.165, 1.54) is 13.2 Å². The highest BCUT2D eigenvalue weighted by Crippen LogP contribution is 2.30. The van der Waals surface area contributed by atoms with Crippen molar-refractivity contribution in [3.8, 4) is 22.3 Å². The molecule has 0 aliphatic heterocycles. The maximum atomic E-state index is 11.6. The molecular weight excluding hydrogens is 364 g/mol. The van der Waals surface area contributed by atoms with Crippen LogP contribution < -0.4 is 11.1 Å². The molecule has 1 amide bonds. The monoisotopic (exact) mass is 382 g/mol. The molecule has 0 spiro atoms. The zero-order valence-corrected chi connectivity index (χ0v) is 15.6. The maximum absolute atomic E-state index is 11.6. The van der Waals surface area contributed by atoms with Gasteiger partial charge in [0, 0.05) is 42.3 Å². The molecule has 138 valence electrons. The van der Waals surface area contributed by atoms with E-state index in [1.54, 1.807) is 48.8 Å². The van der Waals surface area contributed by atoms with E-state index in [-0.39, 0.29) is 10.8 Å². The van der Waals surface area contributed by atoms with Crippen molar-refractivity contribution in [2.75, 3.05) is 17.3 Å². The summed E-state index contributed by atoms with van der Waals surface area (Å²) < 4.78 is 23.2. The summed E-state index contributed by atoms with van der Waals surface area (Å²) in [6.45, 7) is 1.41. The molecule has 1 aromatic carbocycles. The number of amides is 1. The summed E-state index contributed by atoms with van der Waals surface area (Å²) in [6.07, 6.45) is 4.41. The predicted molar refractivity (Wildman–Crippen MR) is 105 cm³/mol. The van der Waals surface area contributed by atoms with E-state index in [1.807, 2.05) is 6.07 Å². The van der Waals surface area contributed by atoms with Crippen LogP contribution in [0.25, 0.3) is 22.3 Å². The van der Waals surface area contributed by atoms with Crippen LogP contribution in [0, 0.1) is 0 Å². The first-order valence-corrected chi connectivity index (χ1v) is 9.93. The minimum absolute atomic E-state index is 0.198. The molecule has 0 aliphatic rings. The van der Waals surface area contributed by atoms with E-state index in [9.17, 15) is 13.2 Å². The minimum Gasteiger partial charge on any atom is -0.383 e. The first kappa shape index (κ1) is 18.5. The molecule has 2 heterocycles. The van der Waals surface area contributed by atoms with Crippen LogP contribution >= 0.6 is 0 Å². The zero-order chi connectivity index (χ0) is 19.6. The summed E-state index contributed by atoms with van der Waals surface area (Å²) in [5.74, 6) is 0.599. The number of hydrogen-bond donors (Lipinski definition) is 2. The van der Waals surface area contributed by atoms with Gasteiger partial charge in [-0.2, -0.15) is 0 Å². The molecule has 27 heavy (non-hydrogen) atoms. The molecule has 3 rings (SSSR count). The first-order valence-electron chi connectivity index (χ1n) is 8.04. The van der Waals surface area contributed by atoms with Gasteiger partial charge in [-0.05, 0) is 35.9 Å². The van der Waals surface area contributed by atoms with Gasteiger partial charge in [-0.3, -0.25) is 4.79 Å². The second-order valence-corrected chi connectivity index (χ2v) is 8.08. The van der Waals surface area contributed by atoms with E-state index >= 15 is 0 Å². The highest BCUT2D eigenvalue weighted by Gasteiger charge is 2.10. The average molecular weight is 382 g/mol. The van der Waals surface area contributed by atoms with Crippen molar-refractivity contribution in [2.24, 2.45) is 0 Å². The number of nitrogen functional groups attached to an aromatic ring is 1. The summed E-state index contributed by atoms with van der Waals surface area (Å²) in [7, 11) is -3.25. The van der Waals surface area contributed by atoms with Crippen molar-refractivity contribution >= 4 is 27.4 Å². The number of hydrogen-bond acceptors (Lipinski definition) is 6. The molecule has 0 bridgehead atoms. The van der Waals surface area contributed by atoms with Gasteiger partial charge in [0.25, 0.3) is 0 Å². The van der Waals surface area contributed by atoms with Crippen molar-refractivity contribution in [1.29, 1.82) is 0 Å². The Balaban J connectivity index is 1.96. The first-order chi connectivity index (χ1) is 12.7. The fraction of sp³-hybridized carbons (Fsp3) is 0.105. The quantitative estimate of drug-likeness (QED) is 0.717. The minimum atomic E-state index is -3.25. The molecule has 7 nitrogen and oxygen atoms in total. The molecule has 0 aliphatic carbocycles. The molecule has 0 radical (unpaired) electrons.